The van der Waals surface area contributed by atoms with Crippen LogP contribution in [0.5, 0.6) is 0 Å². The third-order valence-corrected chi connectivity index (χ3v) is 10.9. The summed E-state index contributed by atoms with van der Waals surface area (Å²) in [6, 6.07) is 36.4. The standard InChI is InChI=1S/C45H34/c1-6-30-24-37-38(25-45(30,5)7-2)40(29-16-12-9-13-17-29)44-34-21-19-32-36-23-27(4)26(3)22-35(36)31-18-20-33(42(34)41(31)32)43(44)39(37)28-14-10-8-11-15-28/h6-24H,1-2,25H2,3-5H3. The first-order valence-electron chi connectivity index (χ1n) is 16.0. The van der Waals surface area contributed by atoms with E-state index in [2.05, 4.69) is 143 Å². The van der Waals surface area contributed by atoms with Crippen LogP contribution in [-0.2, 0) is 6.42 Å². The number of rotatable bonds is 4. The Labute approximate surface area is 265 Å². The second-order valence-electron chi connectivity index (χ2n) is 13.3. The maximum Gasteiger partial charge on any atom is 0.0142 e. The van der Waals surface area contributed by atoms with E-state index in [1.807, 2.05) is 6.08 Å². The van der Waals surface area contributed by atoms with E-state index in [1.165, 1.54) is 105 Å². The van der Waals surface area contributed by atoms with Crippen molar-refractivity contribution in [1.29, 1.82) is 0 Å². The molecule has 0 aromatic heterocycles. The van der Waals surface area contributed by atoms with Gasteiger partial charge in [-0.3, -0.25) is 0 Å². The molecule has 3 aliphatic rings. The number of hydrogen-bond donors (Lipinski definition) is 0. The van der Waals surface area contributed by atoms with Crippen LogP contribution in [-0.4, -0.2) is 0 Å². The van der Waals surface area contributed by atoms with Gasteiger partial charge >= 0.3 is 0 Å². The zero-order chi connectivity index (χ0) is 30.6. The van der Waals surface area contributed by atoms with Crippen molar-refractivity contribution in [3.05, 3.63) is 150 Å². The fourth-order valence-corrected chi connectivity index (χ4v) is 8.43. The first kappa shape index (κ1) is 26.2. The Bertz CT molecular complexity index is 2290. The van der Waals surface area contributed by atoms with Crippen molar-refractivity contribution >= 4 is 16.8 Å². The molecule has 6 aromatic rings. The Morgan fingerprint density at radius 1 is 0.578 bits per heavy atom. The molecule has 0 nitrogen and oxygen atoms in total. The molecule has 0 amide bonds. The van der Waals surface area contributed by atoms with Crippen LogP contribution in [0.25, 0.3) is 83.6 Å². The molecule has 0 heterocycles. The highest BCUT2D eigenvalue weighted by Gasteiger charge is 2.39. The molecule has 6 aromatic carbocycles. The quantitative estimate of drug-likeness (QED) is 0.183. The van der Waals surface area contributed by atoms with Crippen LogP contribution in [0, 0.1) is 19.3 Å². The van der Waals surface area contributed by atoms with Gasteiger partial charge in [0, 0.05) is 5.41 Å². The molecule has 0 saturated carbocycles. The van der Waals surface area contributed by atoms with E-state index in [0.717, 1.165) is 6.42 Å². The fraction of sp³-hybridized carbons (Fsp3) is 0.111. The molecule has 0 fully saturated rings. The van der Waals surface area contributed by atoms with Crippen LogP contribution < -0.4 is 0 Å². The summed E-state index contributed by atoms with van der Waals surface area (Å²) in [5, 5.41) is 2.79. The lowest BCUT2D eigenvalue weighted by Gasteiger charge is -2.36. The third kappa shape index (κ3) is 3.37. The van der Waals surface area contributed by atoms with Crippen molar-refractivity contribution in [2.45, 2.75) is 27.2 Å². The molecule has 0 bridgehead atoms. The molecule has 0 radical (unpaired) electrons. The molecule has 214 valence electrons. The molecule has 1 atom stereocenters. The van der Waals surface area contributed by atoms with E-state index < -0.39 is 0 Å². The molecule has 0 N–H and O–H groups in total. The summed E-state index contributed by atoms with van der Waals surface area (Å²) in [7, 11) is 0. The Morgan fingerprint density at radius 2 is 1.07 bits per heavy atom. The van der Waals surface area contributed by atoms with Gasteiger partial charge in [0.05, 0.1) is 0 Å². The zero-order valence-corrected chi connectivity index (χ0v) is 26.1. The van der Waals surface area contributed by atoms with Crippen LogP contribution in [0.4, 0.5) is 0 Å². The van der Waals surface area contributed by atoms with Crippen LogP contribution in [0.3, 0.4) is 0 Å². The number of aryl methyl sites for hydroxylation is 2. The summed E-state index contributed by atoms with van der Waals surface area (Å²) >= 11 is 0. The highest BCUT2D eigenvalue weighted by molar-refractivity contribution is 6.29. The Morgan fingerprint density at radius 3 is 1.60 bits per heavy atom. The minimum atomic E-state index is -0.210. The van der Waals surface area contributed by atoms with Gasteiger partial charge in [0.1, 0.15) is 0 Å². The smallest absolute Gasteiger partial charge is 0.0142 e. The molecule has 0 saturated heterocycles. The largest absolute Gasteiger partial charge is 0.102 e. The molecule has 3 aliphatic carbocycles. The minimum absolute atomic E-state index is 0.210. The monoisotopic (exact) mass is 574 g/mol. The van der Waals surface area contributed by atoms with Crippen molar-refractivity contribution in [1.82, 2.24) is 0 Å². The molecule has 0 aliphatic heterocycles. The predicted molar refractivity (Wildman–Crippen MR) is 193 cm³/mol. The van der Waals surface area contributed by atoms with Gasteiger partial charge in [-0.25, -0.2) is 0 Å². The Hall–Kier alpha value is -5.20. The fourth-order valence-electron chi connectivity index (χ4n) is 8.43. The SMILES string of the molecule is C=CC1=Cc2c(c(-c3ccccc3)c3c(c2-c2ccccc2)-c2ccc4c5c(ccc-3c25)-c2cc(C)c(C)cc2-4)CC1(C)C=C. The minimum Gasteiger partial charge on any atom is -0.102 e. The van der Waals surface area contributed by atoms with Crippen molar-refractivity contribution in [2.75, 3.05) is 0 Å². The second kappa shape index (κ2) is 9.16. The maximum absolute atomic E-state index is 4.32. The van der Waals surface area contributed by atoms with Gasteiger partial charge in [-0.1, -0.05) is 123 Å². The van der Waals surface area contributed by atoms with Gasteiger partial charge in [0.2, 0.25) is 0 Å². The molecule has 1 unspecified atom stereocenters. The van der Waals surface area contributed by atoms with Crippen LogP contribution in [0.2, 0.25) is 0 Å². The molecule has 9 rings (SSSR count). The molecule has 0 heteroatoms. The van der Waals surface area contributed by atoms with Crippen molar-refractivity contribution in [3.8, 4) is 66.8 Å². The van der Waals surface area contributed by atoms with Crippen LogP contribution in [0.15, 0.2) is 128 Å². The normalized spacial score (nSPS) is 16.6. The third-order valence-electron chi connectivity index (χ3n) is 10.9. The summed E-state index contributed by atoms with van der Waals surface area (Å²) in [6.45, 7) is 15.3. The van der Waals surface area contributed by atoms with Gasteiger partial charge in [-0.2, -0.15) is 0 Å². The molecule has 45 heavy (non-hydrogen) atoms. The van der Waals surface area contributed by atoms with Gasteiger partial charge in [0.25, 0.3) is 0 Å². The van der Waals surface area contributed by atoms with E-state index in [9.17, 15) is 0 Å². The summed E-state index contributed by atoms with van der Waals surface area (Å²) in [4.78, 5) is 0. The first-order chi connectivity index (χ1) is 21.9. The van der Waals surface area contributed by atoms with Gasteiger partial charge in [-0.05, 0) is 132 Å². The number of fused-ring (bicyclic) bond motifs is 7. The van der Waals surface area contributed by atoms with Crippen molar-refractivity contribution in [3.63, 3.8) is 0 Å². The number of allylic oxidation sites excluding steroid dienone is 3. The highest BCUT2D eigenvalue weighted by atomic mass is 14.4. The van der Waals surface area contributed by atoms with E-state index in [4.69, 9.17) is 0 Å². The van der Waals surface area contributed by atoms with Gasteiger partial charge in [-0.15, -0.1) is 6.58 Å². The zero-order valence-electron chi connectivity index (χ0n) is 26.1. The lowest BCUT2D eigenvalue weighted by atomic mass is 9.67. The molecular formula is C45H34. The Kier molecular flexibility index (Phi) is 5.34. The van der Waals surface area contributed by atoms with E-state index in [0.29, 0.717) is 0 Å². The lowest BCUT2D eigenvalue weighted by Crippen LogP contribution is -2.23. The topological polar surface area (TPSA) is 0 Å². The summed E-state index contributed by atoms with van der Waals surface area (Å²) in [5.74, 6) is 0. The van der Waals surface area contributed by atoms with Crippen molar-refractivity contribution < 1.29 is 0 Å². The Balaban J connectivity index is 1.49. The predicted octanol–water partition coefficient (Wildman–Crippen LogP) is 12.4. The van der Waals surface area contributed by atoms with Gasteiger partial charge in [0.15, 0.2) is 0 Å². The average Bonchev–Trinajstić information content (AvgIpc) is 3.56. The first-order valence-corrected chi connectivity index (χ1v) is 16.0. The maximum atomic E-state index is 4.32. The summed E-state index contributed by atoms with van der Waals surface area (Å²) < 4.78 is 0. The molecular weight excluding hydrogens is 540 g/mol. The lowest BCUT2D eigenvalue weighted by molar-refractivity contribution is 0.522. The van der Waals surface area contributed by atoms with Gasteiger partial charge < -0.3 is 0 Å². The highest BCUT2D eigenvalue weighted by Crippen LogP contribution is 2.62. The van der Waals surface area contributed by atoms with Crippen molar-refractivity contribution in [2.24, 2.45) is 5.41 Å². The average molecular weight is 575 g/mol. The van der Waals surface area contributed by atoms with Crippen LogP contribution in [0.1, 0.15) is 29.2 Å². The van der Waals surface area contributed by atoms with E-state index in [1.54, 1.807) is 0 Å². The van der Waals surface area contributed by atoms with E-state index in [-0.39, 0.29) is 5.41 Å². The summed E-state index contributed by atoms with van der Waals surface area (Å²) in [5.41, 5.74) is 22.4. The summed E-state index contributed by atoms with van der Waals surface area (Å²) in [6.07, 6.45) is 7.42. The number of hydrogen-bond acceptors (Lipinski definition) is 0. The second-order valence-corrected chi connectivity index (χ2v) is 13.3. The van der Waals surface area contributed by atoms with E-state index >= 15 is 0 Å². The number of benzene rings is 6. The van der Waals surface area contributed by atoms with Crippen LogP contribution >= 0.6 is 0 Å². The molecule has 0 spiro atoms.